The first-order valence-electron chi connectivity index (χ1n) is 5.18. The van der Waals surface area contributed by atoms with E-state index in [1.807, 2.05) is 0 Å². The Labute approximate surface area is 102 Å². The average molecular weight is 249 g/mol. The zero-order valence-corrected chi connectivity index (χ0v) is 9.34. The molecule has 1 heterocycles. The van der Waals surface area contributed by atoms with Gasteiger partial charge in [0.1, 0.15) is 0 Å². The minimum atomic E-state index is -1.15. The van der Waals surface area contributed by atoms with Crippen molar-refractivity contribution in [1.82, 2.24) is 5.32 Å². The van der Waals surface area contributed by atoms with E-state index in [9.17, 15) is 14.4 Å². The first kappa shape index (κ1) is 11.9. The standard InChI is InChI=1S/C11H11N3O4/c12-8-2-1-6(3-7(8)11(17)18)14-4-9(15)13-10(16)5-14/h1-3H,4-5,12H2,(H,17,18)(H,13,15,16). The molecule has 1 saturated heterocycles. The van der Waals surface area contributed by atoms with Gasteiger partial charge in [-0.1, -0.05) is 0 Å². The Bertz CT molecular complexity index is 525. The lowest BCUT2D eigenvalue weighted by Gasteiger charge is -2.27. The summed E-state index contributed by atoms with van der Waals surface area (Å²) >= 11 is 0. The van der Waals surface area contributed by atoms with Gasteiger partial charge in [-0.05, 0) is 18.2 Å². The van der Waals surface area contributed by atoms with Crippen LogP contribution >= 0.6 is 0 Å². The zero-order valence-electron chi connectivity index (χ0n) is 9.34. The zero-order chi connectivity index (χ0) is 13.3. The second-order valence-corrected chi connectivity index (χ2v) is 3.90. The van der Waals surface area contributed by atoms with Crippen LogP contribution in [-0.2, 0) is 9.59 Å². The largest absolute Gasteiger partial charge is 0.478 e. The summed E-state index contributed by atoms with van der Waals surface area (Å²) in [5.41, 5.74) is 6.09. The number of hydrogen-bond acceptors (Lipinski definition) is 5. The molecule has 0 aliphatic carbocycles. The van der Waals surface area contributed by atoms with E-state index in [4.69, 9.17) is 10.8 Å². The Balaban J connectivity index is 2.33. The lowest BCUT2D eigenvalue weighted by Crippen LogP contribution is -2.51. The number of nitrogens with two attached hydrogens (primary N) is 1. The van der Waals surface area contributed by atoms with Crippen molar-refractivity contribution in [1.29, 1.82) is 0 Å². The summed E-state index contributed by atoms with van der Waals surface area (Å²) in [5, 5.41) is 11.1. The van der Waals surface area contributed by atoms with Crippen LogP contribution in [0.2, 0.25) is 0 Å². The number of anilines is 2. The van der Waals surface area contributed by atoms with Gasteiger partial charge in [-0.2, -0.15) is 0 Å². The predicted molar refractivity (Wildman–Crippen MR) is 63.2 cm³/mol. The van der Waals surface area contributed by atoms with Crippen molar-refractivity contribution in [3.63, 3.8) is 0 Å². The fourth-order valence-electron chi connectivity index (χ4n) is 1.75. The van der Waals surface area contributed by atoms with Crippen LogP contribution in [-0.4, -0.2) is 36.0 Å². The molecule has 1 aliphatic heterocycles. The lowest BCUT2D eigenvalue weighted by molar-refractivity contribution is -0.130. The van der Waals surface area contributed by atoms with Gasteiger partial charge in [0.15, 0.2) is 0 Å². The van der Waals surface area contributed by atoms with Gasteiger partial charge in [-0.25, -0.2) is 4.79 Å². The Morgan fingerprint density at radius 1 is 1.28 bits per heavy atom. The summed E-state index contributed by atoms with van der Waals surface area (Å²) in [6.07, 6.45) is 0. The molecule has 0 aromatic heterocycles. The van der Waals surface area contributed by atoms with E-state index in [-0.39, 0.29) is 24.3 Å². The Morgan fingerprint density at radius 3 is 2.44 bits per heavy atom. The number of nitrogen functional groups attached to an aromatic ring is 1. The van der Waals surface area contributed by atoms with Crippen molar-refractivity contribution in [3.05, 3.63) is 23.8 Å². The minimum Gasteiger partial charge on any atom is -0.478 e. The number of carbonyl (C=O) groups is 3. The molecule has 2 rings (SSSR count). The molecule has 0 saturated carbocycles. The molecule has 0 unspecified atom stereocenters. The van der Waals surface area contributed by atoms with Crippen LogP contribution in [0.25, 0.3) is 0 Å². The van der Waals surface area contributed by atoms with Crippen molar-refractivity contribution in [2.75, 3.05) is 23.7 Å². The third-order valence-electron chi connectivity index (χ3n) is 2.58. The Morgan fingerprint density at radius 2 is 1.89 bits per heavy atom. The van der Waals surface area contributed by atoms with E-state index < -0.39 is 17.8 Å². The van der Waals surface area contributed by atoms with E-state index in [1.165, 1.54) is 17.0 Å². The fraction of sp³-hybridized carbons (Fsp3) is 0.182. The van der Waals surface area contributed by atoms with E-state index in [0.29, 0.717) is 5.69 Å². The van der Waals surface area contributed by atoms with E-state index >= 15 is 0 Å². The van der Waals surface area contributed by atoms with Gasteiger partial charge in [0, 0.05) is 11.4 Å². The molecule has 1 aromatic carbocycles. The quantitative estimate of drug-likeness (QED) is 0.478. The maximum Gasteiger partial charge on any atom is 0.337 e. The number of nitrogens with zero attached hydrogens (tertiary/aromatic N) is 1. The highest BCUT2D eigenvalue weighted by molar-refractivity contribution is 6.03. The molecule has 1 fully saturated rings. The average Bonchev–Trinajstić information content (AvgIpc) is 2.27. The number of carboxylic acid groups (broad SMARTS) is 1. The molecule has 0 atom stereocenters. The summed E-state index contributed by atoms with van der Waals surface area (Å²) in [6, 6.07) is 4.37. The predicted octanol–water partition coefficient (Wildman–Crippen LogP) is -0.570. The summed E-state index contributed by atoms with van der Waals surface area (Å²) in [7, 11) is 0. The van der Waals surface area contributed by atoms with Crippen molar-refractivity contribution < 1.29 is 19.5 Å². The monoisotopic (exact) mass is 249 g/mol. The van der Waals surface area contributed by atoms with Crippen LogP contribution in [0, 0.1) is 0 Å². The maximum atomic E-state index is 11.2. The SMILES string of the molecule is Nc1ccc(N2CC(=O)NC(=O)C2)cc1C(=O)O. The molecule has 2 amide bonds. The van der Waals surface area contributed by atoms with Gasteiger partial charge in [0.05, 0.1) is 18.7 Å². The van der Waals surface area contributed by atoms with Gasteiger partial charge in [0.2, 0.25) is 11.8 Å². The van der Waals surface area contributed by atoms with Gasteiger partial charge in [-0.15, -0.1) is 0 Å². The number of carboxylic acids is 1. The molecule has 7 heteroatoms. The number of carbonyl (C=O) groups excluding carboxylic acids is 2. The number of rotatable bonds is 2. The van der Waals surface area contributed by atoms with Crippen molar-refractivity contribution >= 4 is 29.2 Å². The number of piperazine rings is 1. The molecule has 0 spiro atoms. The topological polar surface area (TPSA) is 113 Å². The highest BCUT2D eigenvalue weighted by Crippen LogP contribution is 2.21. The molecule has 0 bridgehead atoms. The van der Waals surface area contributed by atoms with E-state index in [2.05, 4.69) is 5.32 Å². The summed E-state index contributed by atoms with van der Waals surface area (Å²) in [6.45, 7) is 0.0173. The molecular weight excluding hydrogens is 238 g/mol. The van der Waals surface area contributed by atoms with E-state index in [0.717, 1.165) is 0 Å². The van der Waals surface area contributed by atoms with Gasteiger partial charge in [-0.3, -0.25) is 14.9 Å². The molecule has 18 heavy (non-hydrogen) atoms. The van der Waals surface area contributed by atoms with Crippen molar-refractivity contribution in [3.8, 4) is 0 Å². The molecule has 94 valence electrons. The Kier molecular flexibility index (Phi) is 2.88. The Hall–Kier alpha value is -2.57. The molecule has 1 aliphatic rings. The summed E-state index contributed by atoms with van der Waals surface area (Å²) < 4.78 is 0. The number of aromatic carboxylic acids is 1. The first-order chi connectivity index (χ1) is 8.47. The number of amides is 2. The van der Waals surface area contributed by atoms with Crippen molar-refractivity contribution in [2.24, 2.45) is 0 Å². The molecule has 7 nitrogen and oxygen atoms in total. The highest BCUT2D eigenvalue weighted by atomic mass is 16.4. The van der Waals surface area contributed by atoms with Crippen LogP contribution in [0.5, 0.6) is 0 Å². The van der Waals surface area contributed by atoms with Gasteiger partial charge >= 0.3 is 5.97 Å². The third kappa shape index (κ3) is 2.24. The van der Waals surface area contributed by atoms with Crippen molar-refractivity contribution in [2.45, 2.75) is 0 Å². The summed E-state index contributed by atoms with van der Waals surface area (Å²) in [4.78, 5) is 34.9. The molecule has 4 N–H and O–H groups in total. The third-order valence-corrected chi connectivity index (χ3v) is 2.58. The van der Waals surface area contributed by atoms with Crippen LogP contribution in [0.1, 0.15) is 10.4 Å². The lowest BCUT2D eigenvalue weighted by atomic mass is 10.1. The van der Waals surface area contributed by atoms with Crippen LogP contribution in [0.15, 0.2) is 18.2 Å². The maximum absolute atomic E-state index is 11.2. The first-order valence-corrected chi connectivity index (χ1v) is 5.18. The van der Waals surface area contributed by atoms with Crippen LogP contribution in [0.4, 0.5) is 11.4 Å². The number of benzene rings is 1. The number of nitrogens with one attached hydrogen (secondary N) is 1. The fourth-order valence-corrected chi connectivity index (χ4v) is 1.75. The molecule has 1 aromatic rings. The normalized spacial score (nSPS) is 15.4. The smallest absolute Gasteiger partial charge is 0.337 e. The number of imide groups is 1. The van der Waals surface area contributed by atoms with E-state index in [1.54, 1.807) is 6.07 Å². The minimum absolute atomic E-state index is 0.00865. The molecule has 0 radical (unpaired) electrons. The van der Waals surface area contributed by atoms with Crippen LogP contribution in [0.3, 0.4) is 0 Å². The van der Waals surface area contributed by atoms with Gasteiger partial charge in [0.25, 0.3) is 0 Å². The van der Waals surface area contributed by atoms with Crippen LogP contribution < -0.4 is 16.0 Å². The number of hydrogen-bond donors (Lipinski definition) is 3. The summed E-state index contributed by atoms with van der Waals surface area (Å²) in [5.74, 6) is -1.98. The second kappa shape index (κ2) is 4.36. The second-order valence-electron chi connectivity index (χ2n) is 3.90. The molecular formula is C11H11N3O4. The van der Waals surface area contributed by atoms with Gasteiger partial charge < -0.3 is 15.7 Å². The highest BCUT2D eigenvalue weighted by Gasteiger charge is 2.23.